The van der Waals surface area contributed by atoms with Crippen molar-refractivity contribution in [3.63, 3.8) is 0 Å². The van der Waals surface area contributed by atoms with Crippen LogP contribution in [-0.4, -0.2) is 18.3 Å². The molecule has 0 aromatic heterocycles. The van der Waals surface area contributed by atoms with E-state index in [1.807, 2.05) is 0 Å². The zero-order valence-corrected chi connectivity index (χ0v) is 6.15. The Morgan fingerprint density at radius 1 is 1.64 bits per heavy atom. The first kappa shape index (κ1) is 8.59. The fraction of sp³-hybridized carbons (Fsp3) is 0.857. The number of ketones is 1. The summed E-state index contributed by atoms with van der Waals surface area (Å²) in [6, 6.07) is 0. The molecule has 0 amide bonds. The summed E-state index contributed by atoms with van der Waals surface area (Å²) in [4.78, 5) is 10.6. The van der Waals surface area contributed by atoms with Crippen molar-refractivity contribution >= 4 is 5.78 Å². The van der Waals surface area contributed by atoms with Crippen LogP contribution in [0.4, 0.5) is 8.78 Å². The van der Waals surface area contributed by atoms with Gasteiger partial charge in [0.15, 0.2) is 0 Å². The van der Waals surface area contributed by atoms with Crippen LogP contribution in [0.15, 0.2) is 0 Å². The molecule has 1 fully saturated rings. The molecule has 1 aliphatic rings. The van der Waals surface area contributed by atoms with Crippen molar-refractivity contribution in [1.82, 2.24) is 0 Å². The van der Waals surface area contributed by atoms with E-state index in [9.17, 15) is 13.6 Å². The Balaban J connectivity index is 2.55. The van der Waals surface area contributed by atoms with Gasteiger partial charge in [-0.1, -0.05) is 0 Å². The minimum atomic E-state index is -2.84. The largest absolute Gasteiger partial charge is 0.325 e. The highest BCUT2D eigenvalue weighted by Crippen LogP contribution is 2.35. The molecule has 0 bridgehead atoms. The zero-order chi connectivity index (χ0) is 8.48. The molecule has 0 heterocycles. The summed E-state index contributed by atoms with van der Waals surface area (Å²) in [7, 11) is 0. The van der Waals surface area contributed by atoms with Gasteiger partial charge >= 0.3 is 0 Å². The third-order valence-electron chi connectivity index (χ3n) is 2.12. The van der Waals surface area contributed by atoms with Crippen LogP contribution in [0.3, 0.4) is 0 Å². The molecule has 1 atom stereocenters. The molecule has 0 spiro atoms. The van der Waals surface area contributed by atoms with Gasteiger partial charge in [0.05, 0.1) is 6.54 Å². The number of carbonyl (C=O) groups excluding carboxylic acids is 1. The Morgan fingerprint density at radius 3 is 2.64 bits per heavy atom. The molecule has 1 saturated carbocycles. The lowest BCUT2D eigenvalue weighted by atomic mass is 10.0. The third kappa shape index (κ3) is 1.74. The number of alkyl halides is 2. The summed E-state index contributed by atoms with van der Waals surface area (Å²) < 4.78 is 25.5. The second-order valence-corrected chi connectivity index (χ2v) is 2.94. The van der Waals surface area contributed by atoms with E-state index in [0.29, 0.717) is 12.8 Å². The lowest BCUT2D eigenvalue weighted by Crippen LogP contribution is -2.35. The van der Waals surface area contributed by atoms with Crippen LogP contribution in [0.5, 0.6) is 0 Å². The lowest BCUT2D eigenvalue weighted by molar-refractivity contribution is -0.119. The van der Waals surface area contributed by atoms with Crippen LogP contribution < -0.4 is 5.73 Å². The van der Waals surface area contributed by atoms with Crippen LogP contribution in [0, 0.1) is 5.92 Å². The Bertz CT molecular complexity index is 170. The van der Waals surface area contributed by atoms with Crippen molar-refractivity contribution in [1.29, 1.82) is 0 Å². The predicted octanol–water partition coefficient (Wildman–Crippen LogP) is 0.950. The molecule has 2 nitrogen and oxygen atoms in total. The molecule has 11 heavy (non-hydrogen) atoms. The highest BCUT2D eigenvalue weighted by molar-refractivity contribution is 5.80. The van der Waals surface area contributed by atoms with E-state index in [1.165, 1.54) is 0 Å². The summed E-state index contributed by atoms with van der Waals surface area (Å²) in [6.07, 6.45) is 0.591. The van der Waals surface area contributed by atoms with Crippen LogP contribution in [0.2, 0.25) is 0 Å². The van der Waals surface area contributed by atoms with E-state index in [1.54, 1.807) is 0 Å². The molecular formula is C7H11F2NO. The second kappa shape index (κ2) is 2.85. The van der Waals surface area contributed by atoms with E-state index in [4.69, 9.17) is 5.73 Å². The first-order chi connectivity index (χ1) is 5.06. The number of nitrogens with two attached hydrogens (primary N) is 1. The van der Waals surface area contributed by atoms with E-state index in [0.717, 1.165) is 0 Å². The minimum absolute atomic E-state index is 0.00417. The first-order valence-electron chi connectivity index (χ1n) is 3.66. The van der Waals surface area contributed by atoms with Crippen LogP contribution in [-0.2, 0) is 4.79 Å². The number of halogens is 2. The average Bonchev–Trinajstić information content (AvgIpc) is 2.36. The third-order valence-corrected chi connectivity index (χ3v) is 2.12. The molecule has 64 valence electrons. The van der Waals surface area contributed by atoms with Crippen LogP contribution in [0.1, 0.15) is 19.3 Å². The second-order valence-electron chi connectivity index (χ2n) is 2.94. The molecule has 0 radical (unpaired) electrons. The SMILES string of the molecule is NCC(F)(F)[C@H]1CCC(=O)C1. The Labute approximate surface area is 63.8 Å². The van der Waals surface area contributed by atoms with Gasteiger partial charge < -0.3 is 5.73 Å². The fourth-order valence-electron chi connectivity index (χ4n) is 1.34. The normalized spacial score (nSPS) is 26.1. The fourth-order valence-corrected chi connectivity index (χ4v) is 1.34. The van der Waals surface area contributed by atoms with E-state index >= 15 is 0 Å². The molecular weight excluding hydrogens is 152 g/mol. The highest BCUT2D eigenvalue weighted by atomic mass is 19.3. The van der Waals surface area contributed by atoms with E-state index in [-0.39, 0.29) is 12.2 Å². The van der Waals surface area contributed by atoms with Gasteiger partial charge in [-0.15, -0.1) is 0 Å². The summed E-state index contributed by atoms with van der Waals surface area (Å²) in [5, 5.41) is 0. The van der Waals surface area contributed by atoms with Crippen LogP contribution >= 0.6 is 0 Å². The van der Waals surface area contributed by atoms with Gasteiger partial charge in [-0.2, -0.15) is 0 Å². The zero-order valence-electron chi connectivity index (χ0n) is 6.15. The van der Waals surface area contributed by atoms with Gasteiger partial charge in [0.1, 0.15) is 5.78 Å². The van der Waals surface area contributed by atoms with Crippen molar-refractivity contribution in [3.05, 3.63) is 0 Å². The molecule has 0 unspecified atom stereocenters. The first-order valence-corrected chi connectivity index (χ1v) is 3.66. The van der Waals surface area contributed by atoms with Crippen molar-refractivity contribution in [2.45, 2.75) is 25.2 Å². The number of hydrogen-bond acceptors (Lipinski definition) is 2. The standard InChI is InChI=1S/C7H11F2NO/c8-7(9,4-10)5-1-2-6(11)3-5/h5H,1-4,10H2/t5-/m0/s1. The van der Waals surface area contributed by atoms with Gasteiger partial charge in [-0.25, -0.2) is 8.78 Å². The van der Waals surface area contributed by atoms with Crippen molar-refractivity contribution < 1.29 is 13.6 Å². The van der Waals surface area contributed by atoms with Gasteiger partial charge in [-0.3, -0.25) is 4.79 Å². The summed E-state index contributed by atoms with van der Waals surface area (Å²) in [6.45, 7) is -0.648. The molecule has 2 N–H and O–H groups in total. The highest BCUT2D eigenvalue weighted by Gasteiger charge is 2.42. The van der Waals surface area contributed by atoms with Crippen LogP contribution in [0.25, 0.3) is 0 Å². The van der Waals surface area contributed by atoms with E-state index in [2.05, 4.69) is 0 Å². The molecule has 1 aliphatic carbocycles. The Kier molecular flexibility index (Phi) is 2.23. The Morgan fingerprint density at radius 2 is 2.27 bits per heavy atom. The quantitative estimate of drug-likeness (QED) is 0.658. The molecule has 4 heteroatoms. The minimum Gasteiger partial charge on any atom is -0.325 e. The molecule has 0 aliphatic heterocycles. The average molecular weight is 163 g/mol. The summed E-state index contributed by atoms with van der Waals surface area (Å²) >= 11 is 0. The maximum absolute atomic E-state index is 12.8. The molecule has 1 rings (SSSR count). The van der Waals surface area contributed by atoms with Gasteiger partial charge in [0.25, 0.3) is 5.92 Å². The molecule has 0 saturated heterocycles. The molecule has 0 aromatic rings. The van der Waals surface area contributed by atoms with E-state index < -0.39 is 18.4 Å². The monoisotopic (exact) mass is 163 g/mol. The van der Waals surface area contributed by atoms with Crippen molar-refractivity contribution in [3.8, 4) is 0 Å². The predicted molar refractivity (Wildman–Crippen MR) is 36.3 cm³/mol. The summed E-state index contributed by atoms with van der Waals surface area (Å²) in [5.74, 6) is -3.71. The smallest absolute Gasteiger partial charge is 0.263 e. The number of carbonyl (C=O) groups is 1. The Hall–Kier alpha value is -0.510. The molecule has 0 aromatic carbocycles. The maximum Gasteiger partial charge on any atom is 0.263 e. The number of hydrogen-bond donors (Lipinski definition) is 1. The maximum atomic E-state index is 12.8. The number of Topliss-reactive ketones (excluding diaryl/α,β-unsaturated/α-hetero) is 1. The van der Waals surface area contributed by atoms with Crippen molar-refractivity contribution in [2.24, 2.45) is 11.7 Å². The van der Waals surface area contributed by atoms with Crippen molar-refractivity contribution in [2.75, 3.05) is 6.54 Å². The summed E-state index contributed by atoms with van der Waals surface area (Å²) in [5.41, 5.74) is 4.87. The van der Waals surface area contributed by atoms with Gasteiger partial charge in [0.2, 0.25) is 0 Å². The topological polar surface area (TPSA) is 43.1 Å². The van der Waals surface area contributed by atoms with Gasteiger partial charge in [-0.05, 0) is 6.42 Å². The lowest BCUT2D eigenvalue weighted by Gasteiger charge is -2.19. The number of rotatable bonds is 2. The van der Waals surface area contributed by atoms with Gasteiger partial charge in [0, 0.05) is 18.8 Å².